The lowest BCUT2D eigenvalue weighted by Crippen LogP contribution is -2.22. The van der Waals surface area contributed by atoms with Crippen molar-refractivity contribution in [2.24, 2.45) is 11.7 Å². The van der Waals surface area contributed by atoms with E-state index < -0.39 is 12.0 Å². The number of aromatic hydroxyl groups is 1. The molecule has 1 aliphatic rings. The third-order valence-electron chi connectivity index (χ3n) is 3.64. The SMILES string of the molecule is Cl.N[C@H](c1c(C(=O)O)ccc(Br)c1O)C1CCCC1. The van der Waals surface area contributed by atoms with Crippen molar-refractivity contribution in [2.75, 3.05) is 0 Å². The summed E-state index contributed by atoms with van der Waals surface area (Å²) >= 11 is 3.21. The van der Waals surface area contributed by atoms with Crippen LogP contribution in [0.1, 0.15) is 47.6 Å². The predicted octanol–water partition coefficient (Wildman–Crippen LogP) is 3.46. The quantitative estimate of drug-likeness (QED) is 0.779. The molecular formula is C13H17BrClNO3. The summed E-state index contributed by atoms with van der Waals surface area (Å²) in [6.07, 6.45) is 4.23. The minimum atomic E-state index is -1.05. The molecule has 0 bridgehead atoms. The second-order valence-electron chi connectivity index (χ2n) is 4.73. The molecule has 2 rings (SSSR count). The number of phenolic OH excluding ortho intramolecular Hbond substituents is 1. The zero-order valence-corrected chi connectivity index (χ0v) is 12.7. The number of aromatic carboxylic acids is 1. The molecule has 1 aliphatic carbocycles. The fourth-order valence-electron chi connectivity index (χ4n) is 2.66. The largest absolute Gasteiger partial charge is 0.506 e. The molecule has 0 saturated heterocycles. The van der Waals surface area contributed by atoms with E-state index in [0.29, 0.717) is 10.0 Å². The van der Waals surface area contributed by atoms with Crippen LogP contribution < -0.4 is 5.73 Å². The molecule has 4 N–H and O–H groups in total. The molecule has 1 aromatic rings. The van der Waals surface area contributed by atoms with Crippen LogP contribution in [0.4, 0.5) is 0 Å². The highest BCUT2D eigenvalue weighted by Gasteiger charge is 2.29. The van der Waals surface area contributed by atoms with Gasteiger partial charge in [0.05, 0.1) is 10.0 Å². The van der Waals surface area contributed by atoms with Gasteiger partial charge in [-0.15, -0.1) is 12.4 Å². The molecule has 1 aromatic carbocycles. The second kappa shape index (κ2) is 6.59. The molecule has 0 amide bonds. The maximum Gasteiger partial charge on any atom is 0.336 e. The Hall–Kier alpha value is -0.780. The van der Waals surface area contributed by atoms with E-state index in [1.165, 1.54) is 12.1 Å². The number of phenols is 1. The van der Waals surface area contributed by atoms with Crippen LogP contribution in [0.5, 0.6) is 5.75 Å². The number of carboxylic acids is 1. The molecule has 0 aliphatic heterocycles. The van der Waals surface area contributed by atoms with E-state index in [1.807, 2.05) is 0 Å². The van der Waals surface area contributed by atoms with Crippen molar-refractivity contribution >= 4 is 34.3 Å². The molecule has 0 spiro atoms. The van der Waals surface area contributed by atoms with Crippen LogP contribution in [0.3, 0.4) is 0 Å². The lowest BCUT2D eigenvalue weighted by atomic mass is 9.89. The molecule has 0 unspecified atom stereocenters. The van der Waals surface area contributed by atoms with Crippen LogP contribution in [0.25, 0.3) is 0 Å². The Morgan fingerprint density at radius 1 is 1.37 bits per heavy atom. The topological polar surface area (TPSA) is 83.6 Å². The van der Waals surface area contributed by atoms with Gasteiger partial charge in [0.1, 0.15) is 5.75 Å². The Labute approximate surface area is 126 Å². The number of hydrogen-bond donors (Lipinski definition) is 3. The van der Waals surface area contributed by atoms with Crippen LogP contribution in [0.2, 0.25) is 0 Å². The number of nitrogens with two attached hydrogens (primary N) is 1. The maximum atomic E-state index is 11.2. The number of benzene rings is 1. The number of rotatable bonds is 3. The molecule has 1 saturated carbocycles. The van der Waals surface area contributed by atoms with E-state index in [9.17, 15) is 15.0 Å². The summed E-state index contributed by atoms with van der Waals surface area (Å²) in [6.45, 7) is 0. The first-order valence-electron chi connectivity index (χ1n) is 6.02. The smallest absolute Gasteiger partial charge is 0.336 e. The highest BCUT2D eigenvalue weighted by molar-refractivity contribution is 9.10. The summed E-state index contributed by atoms with van der Waals surface area (Å²) in [5.74, 6) is -0.848. The van der Waals surface area contributed by atoms with Crippen LogP contribution in [0.15, 0.2) is 16.6 Å². The molecule has 19 heavy (non-hydrogen) atoms. The van der Waals surface area contributed by atoms with Gasteiger partial charge in [0, 0.05) is 11.6 Å². The Balaban J connectivity index is 0.00000180. The van der Waals surface area contributed by atoms with E-state index in [0.717, 1.165) is 25.7 Å². The second-order valence-corrected chi connectivity index (χ2v) is 5.59. The lowest BCUT2D eigenvalue weighted by molar-refractivity contribution is 0.0694. The van der Waals surface area contributed by atoms with Crippen molar-refractivity contribution in [3.05, 3.63) is 27.7 Å². The van der Waals surface area contributed by atoms with Gasteiger partial charge >= 0.3 is 5.97 Å². The average molecular weight is 351 g/mol. The summed E-state index contributed by atoms with van der Waals surface area (Å²) < 4.78 is 0.482. The van der Waals surface area contributed by atoms with E-state index in [1.54, 1.807) is 0 Å². The van der Waals surface area contributed by atoms with E-state index in [2.05, 4.69) is 15.9 Å². The number of carbonyl (C=O) groups is 1. The number of hydrogen-bond acceptors (Lipinski definition) is 3. The van der Waals surface area contributed by atoms with Gasteiger partial charge in [-0.1, -0.05) is 12.8 Å². The number of carboxylic acid groups (broad SMARTS) is 1. The van der Waals surface area contributed by atoms with Crippen LogP contribution in [0, 0.1) is 5.92 Å². The van der Waals surface area contributed by atoms with E-state index in [-0.39, 0.29) is 29.6 Å². The van der Waals surface area contributed by atoms with Crippen molar-refractivity contribution in [3.8, 4) is 5.75 Å². The van der Waals surface area contributed by atoms with Crippen molar-refractivity contribution in [1.82, 2.24) is 0 Å². The molecule has 6 heteroatoms. The van der Waals surface area contributed by atoms with Crippen LogP contribution in [-0.2, 0) is 0 Å². The third-order valence-corrected chi connectivity index (χ3v) is 4.28. The first-order chi connectivity index (χ1) is 8.52. The molecule has 1 fully saturated rings. The zero-order valence-electron chi connectivity index (χ0n) is 10.3. The Kier molecular flexibility index (Phi) is 5.64. The molecular weight excluding hydrogens is 334 g/mol. The fourth-order valence-corrected chi connectivity index (χ4v) is 3.00. The van der Waals surface area contributed by atoms with Gasteiger partial charge in [0.25, 0.3) is 0 Å². The minimum absolute atomic E-state index is 0. The highest BCUT2D eigenvalue weighted by Crippen LogP contribution is 2.41. The Morgan fingerprint density at radius 2 is 1.95 bits per heavy atom. The normalized spacial score (nSPS) is 16.9. The van der Waals surface area contributed by atoms with Crippen LogP contribution in [-0.4, -0.2) is 16.2 Å². The average Bonchev–Trinajstić information content (AvgIpc) is 2.84. The summed E-state index contributed by atoms with van der Waals surface area (Å²) in [7, 11) is 0. The van der Waals surface area contributed by atoms with E-state index >= 15 is 0 Å². The molecule has 0 radical (unpaired) electrons. The molecule has 0 heterocycles. The van der Waals surface area contributed by atoms with Gasteiger partial charge in [-0.05, 0) is 46.8 Å². The minimum Gasteiger partial charge on any atom is -0.506 e. The summed E-state index contributed by atoms with van der Waals surface area (Å²) in [5, 5.41) is 19.3. The van der Waals surface area contributed by atoms with Gasteiger partial charge in [0.15, 0.2) is 0 Å². The molecule has 1 atom stereocenters. The molecule has 4 nitrogen and oxygen atoms in total. The Morgan fingerprint density at radius 3 is 2.47 bits per heavy atom. The monoisotopic (exact) mass is 349 g/mol. The molecule has 106 valence electrons. The third kappa shape index (κ3) is 3.22. The van der Waals surface area contributed by atoms with E-state index in [4.69, 9.17) is 5.73 Å². The van der Waals surface area contributed by atoms with Crippen molar-refractivity contribution in [2.45, 2.75) is 31.7 Å². The van der Waals surface area contributed by atoms with Gasteiger partial charge < -0.3 is 15.9 Å². The lowest BCUT2D eigenvalue weighted by Gasteiger charge is -2.22. The predicted molar refractivity (Wildman–Crippen MR) is 78.9 cm³/mol. The zero-order chi connectivity index (χ0) is 13.3. The van der Waals surface area contributed by atoms with Crippen LogP contribution >= 0.6 is 28.3 Å². The standard InChI is InChI=1S/C13H16BrNO3.ClH/c14-9-6-5-8(13(17)18)10(12(9)16)11(15)7-3-1-2-4-7;/h5-7,11,16H,1-4,15H2,(H,17,18);1H/t11-;/m0./s1. The van der Waals surface area contributed by atoms with Crippen molar-refractivity contribution in [3.63, 3.8) is 0 Å². The fraction of sp³-hybridized carbons (Fsp3) is 0.462. The summed E-state index contributed by atoms with van der Waals surface area (Å²) in [6, 6.07) is 2.59. The van der Waals surface area contributed by atoms with Gasteiger partial charge in [-0.3, -0.25) is 0 Å². The summed E-state index contributed by atoms with van der Waals surface area (Å²) in [4.78, 5) is 11.2. The maximum absolute atomic E-state index is 11.2. The molecule has 0 aromatic heterocycles. The number of halogens is 2. The van der Waals surface area contributed by atoms with Crippen molar-refractivity contribution in [1.29, 1.82) is 0 Å². The van der Waals surface area contributed by atoms with Crippen molar-refractivity contribution < 1.29 is 15.0 Å². The first kappa shape index (κ1) is 16.3. The first-order valence-corrected chi connectivity index (χ1v) is 6.82. The Bertz CT molecular complexity index is 475. The highest BCUT2D eigenvalue weighted by atomic mass is 79.9. The summed E-state index contributed by atoms with van der Waals surface area (Å²) in [5.41, 5.74) is 6.61. The van der Waals surface area contributed by atoms with Gasteiger partial charge in [-0.25, -0.2) is 4.79 Å². The van der Waals surface area contributed by atoms with Gasteiger partial charge in [0.2, 0.25) is 0 Å². The van der Waals surface area contributed by atoms with Gasteiger partial charge in [-0.2, -0.15) is 0 Å².